The summed E-state index contributed by atoms with van der Waals surface area (Å²) in [5, 5.41) is 9.22. The average molecular weight is 320 g/mol. The van der Waals surface area contributed by atoms with Crippen molar-refractivity contribution in [2.24, 2.45) is 0 Å². The summed E-state index contributed by atoms with van der Waals surface area (Å²) in [5.74, 6) is -1.85. The summed E-state index contributed by atoms with van der Waals surface area (Å²) in [5.41, 5.74) is 5.79. The number of hydrazine groups is 1. The van der Waals surface area contributed by atoms with Gasteiger partial charge in [-0.15, -0.1) is 0 Å². The summed E-state index contributed by atoms with van der Waals surface area (Å²) in [6.07, 6.45) is 1.31. The van der Waals surface area contributed by atoms with Crippen LogP contribution in [0.15, 0.2) is 23.1 Å². The molecule has 0 unspecified atom stereocenters. The fourth-order valence-electron chi connectivity index (χ4n) is 2.77. The Bertz CT molecular complexity index is 828. The molecule has 0 atom stereocenters. The maximum Gasteiger partial charge on any atom is 0.341 e. The van der Waals surface area contributed by atoms with Gasteiger partial charge < -0.3 is 14.6 Å². The minimum absolute atomic E-state index is 0.0797. The maximum absolute atomic E-state index is 14.5. The van der Waals surface area contributed by atoms with E-state index < -0.39 is 17.2 Å². The van der Waals surface area contributed by atoms with Crippen molar-refractivity contribution in [3.8, 4) is 0 Å². The number of hydrogen-bond acceptors (Lipinski definition) is 5. The van der Waals surface area contributed by atoms with E-state index in [2.05, 4.69) is 10.9 Å². The molecule has 0 saturated carbocycles. The fourth-order valence-corrected chi connectivity index (χ4v) is 2.77. The molecule has 3 rings (SSSR count). The molecular formula is C15H17FN4O3. The van der Waals surface area contributed by atoms with Crippen LogP contribution in [0.3, 0.4) is 0 Å². The molecule has 1 aliphatic rings. The first-order valence-corrected chi connectivity index (χ1v) is 7.33. The Hall–Kier alpha value is -2.45. The molecule has 2 aromatic rings. The molecule has 1 fully saturated rings. The van der Waals surface area contributed by atoms with Gasteiger partial charge in [-0.2, -0.15) is 0 Å². The average Bonchev–Trinajstić information content (AvgIpc) is 2.55. The third kappa shape index (κ3) is 2.66. The Balaban J connectivity index is 2.24. The van der Waals surface area contributed by atoms with Gasteiger partial charge in [0, 0.05) is 31.2 Å². The van der Waals surface area contributed by atoms with Gasteiger partial charge in [-0.1, -0.05) is 0 Å². The quantitative estimate of drug-likeness (QED) is 0.773. The van der Waals surface area contributed by atoms with Gasteiger partial charge in [-0.25, -0.2) is 14.6 Å². The van der Waals surface area contributed by atoms with Crippen LogP contribution >= 0.6 is 0 Å². The smallest absolute Gasteiger partial charge is 0.341 e. The summed E-state index contributed by atoms with van der Waals surface area (Å²) < 4.78 is 16.1. The van der Waals surface area contributed by atoms with E-state index in [1.165, 1.54) is 6.20 Å². The van der Waals surface area contributed by atoms with Crippen LogP contribution in [0.4, 0.5) is 10.1 Å². The van der Waals surface area contributed by atoms with Crippen molar-refractivity contribution in [1.82, 2.24) is 15.4 Å². The highest BCUT2D eigenvalue weighted by Gasteiger charge is 2.19. The molecular weight excluding hydrogens is 303 g/mol. The number of aromatic nitrogens is 1. The Morgan fingerprint density at radius 2 is 2.17 bits per heavy atom. The van der Waals surface area contributed by atoms with E-state index in [4.69, 9.17) is 5.11 Å². The van der Waals surface area contributed by atoms with Gasteiger partial charge in [0.15, 0.2) is 0 Å². The Kier molecular flexibility index (Phi) is 4.01. The zero-order valence-corrected chi connectivity index (χ0v) is 12.6. The highest BCUT2D eigenvalue weighted by atomic mass is 19.1. The number of benzene rings is 1. The van der Waals surface area contributed by atoms with Crippen LogP contribution in [-0.2, 0) is 6.54 Å². The van der Waals surface area contributed by atoms with Crippen molar-refractivity contribution in [1.29, 1.82) is 0 Å². The van der Waals surface area contributed by atoms with Crippen LogP contribution in [0.1, 0.15) is 17.3 Å². The normalized spacial score (nSPS) is 15.1. The Labute approximate surface area is 131 Å². The van der Waals surface area contributed by atoms with E-state index in [1.807, 2.05) is 11.8 Å². The number of nitrogens with zero attached hydrogens (tertiary/aromatic N) is 2. The summed E-state index contributed by atoms with van der Waals surface area (Å²) in [6, 6.07) is 2.74. The van der Waals surface area contributed by atoms with Crippen LogP contribution in [-0.4, -0.2) is 35.4 Å². The lowest BCUT2D eigenvalue weighted by Gasteiger charge is -2.30. The molecule has 7 nitrogen and oxygen atoms in total. The van der Waals surface area contributed by atoms with E-state index in [1.54, 1.807) is 10.6 Å². The second-order valence-corrected chi connectivity index (χ2v) is 5.31. The molecule has 0 radical (unpaired) electrons. The highest BCUT2D eigenvalue weighted by molar-refractivity contribution is 5.93. The number of aromatic carboxylic acids is 1. The lowest BCUT2D eigenvalue weighted by molar-refractivity contribution is 0.0695. The molecule has 0 spiro atoms. The Morgan fingerprint density at radius 1 is 1.39 bits per heavy atom. The number of carboxylic acids is 1. The number of rotatable bonds is 3. The number of pyridine rings is 1. The van der Waals surface area contributed by atoms with E-state index >= 15 is 0 Å². The van der Waals surface area contributed by atoms with Crippen LogP contribution < -0.4 is 21.2 Å². The first-order valence-electron chi connectivity index (χ1n) is 7.33. The van der Waals surface area contributed by atoms with Crippen molar-refractivity contribution >= 4 is 22.6 Å². The Morgan fingerprint density at radius 3 is 2.78 bits per heavy atom. The van der Waals surface area contributed by atoms with E-state index in [9.17, 15) is 14.0 Å². The van der Waals surface area contributed by atoms with Gasteiger partial charge in [0.2, 0.25) is 5.43 Å². The number of nitrogens with one attached hydrogen (secondary N) is 2. The number of anilines is 1. The fraction of sp³-hybridized carbons (Fsp3) is 0.333. The monoisotopic (exact) mass is 320 g/mol. The van der Waals surface area contributed by atoms with Gasteiger partial charge >= 0.3 is 5.97 Å². The predicted molar refractivity (Wildman–Crippen MR) is 84.2 cm³/mol. The summed E-state index contributed by atoms with van der Waals surface area (Å²) in [6.45, 7) is 4.04. The van der Waals surface area contributed by atoms with E-state index in [0.717, 1.165) is 6.07 Å². The second-order valence-electron chi connectivity index (χ2n) is 5.31. The van der Waals surface area contributed by atoms with Gasteiger partial charge in [0.1, 0.15) is 11.4 Å². The van der Waals surface area contributed by atoms with Crippen molar-refractivity contribution in [3.05, 3.63) is 39.9 Å². The third-order valence-corrected chi connectivity index (χ3v) is 3.96. The minimum Gasteiger partial charge on any atom is -0.477 e. The second kappa shape index (κ2) is 5.98. The summed E-state index contributed by atoms with van der Waals surface area (Å²) >= 11 is 0. The molecule has 1 aromatic heterocycles. The molecule has 1 aliphatic heterocycles. The van der Waals surface area contributed by atoms with E-state index in [0.29, 0.717) is 37.5 Å². The number of carboxylic acid groups (broad SMARTS) is 1. The molecule has 122 valence electrons. The first-order chi connectivity index (χ1) is 11.0. The van der Waals surface area contributed by atoms with E-state index in [-0.39, 0.29) is 10.9 Å². The first kappa shape index (κ1) is 15.4. The van der Waals surface area contributed by atoms with Gasteiger partial charge in [0.05, 0.1) is 17.9 Å². The van der Waals surface area contributed by atoms with Gasteiger partial charge in [-0.05, 0) is 19.1 Å². The van der Waals surface area contributed by atoms with Crippen LogP contribution in [0, 0.1) is 5.82 Å². The number of hydrogen-bond donors (Lipinski definition) is 3. The summed E-state index contributed by atoms with van der Waals surface area (Å²) in [4.78, 5) is 25.3. The van der Waals surface area contributed by atoms with Gasteiger partial charge in [0.25, 0.3) is 0 Å². The molecule has 0 aliphatic carbocycles. The van der Waals surface area contributed by atoms with Crippen molar-refractivity contribution in [3.63, 3.8) is 0 Å². The molecule has 0 bridgehead atoms. The van der Waals surface area contributed by atoms with Gasteiger partial charge in [-0.3, -0.25) is 10.2 Å². The minimum atomic E-state index is -1.31. The number of fused-ring (bicyclic) bond motifs is 1. The number of halogens is 1. The van der Waals surface area contributed by atoms with Crippen molar-refractivity contribution in [2.45, 2.75) is 13.5 Å². The topological polar surface area (TPSA) is 86.6 Å². The van der Waals surface area contributed by atoms with Crippen LogP contribution in [0.2, 0.25) is 0 Å². The maximum atomic E-state index is 14.5. The van der Waals surface area contributed by atoms with Crippen molar-refractivity contribution in [2.75, 3.05) is 24.7 Å². The van der Waals surface area contributed by atoms with Crippen molar-refractivity contribution < 1.29 is 14.3 Å². The zero-order valence-electron chi connectivity index (χ0n) is 12.6. The number of aryl methyl sites for hydroxylation is 1. The molecule has 1 saturated heterocycles. The SMILES string of the molecule is CCn1cc(C(=O)O)c(=O)c2cc(F)c(N3CCNNC3)cc21. The molecule has 0 amide bonds. The molecule has 23 heavy (non-hydrogen) atoms. The highest BCUT2D eigenvalue weighted by Crippen LogP contribution is 2.25. The largest absolute Gasteiger partial charge is 0.477 e. The molecule has 1 aromatic carbocycles. The summed E-state index contributed by atoms with van der Waals surface area (Å²) in [7, 11) is 0. The lowest BCUT2D eigenvalue weighted by Crippen LogP contribution is -2.52. The molecule has 2 heterocycles. The standard InChI is InChI=1S/C15H17FN4O3/c1-2-19-7-10(15(22)23)14(21)9-5-11(16)13(6-12(9)19)20-4-3-17-18-8-20/h5-7,17-18H,2-4,8H2,1H3,(H,22,23). The molecule has 3 N–H and O–H groups in total. The molecule has 8 heteroatoms. The third-order valence-electron chi connectivity index (χ3n) is 3.96. The zero-order chi connectivity index (χ0) is 16.6. The number of carbonyl (C=O) groups is 1. The predicted octanol–water partition coefficient (Wildman–Crippen LogP) is 0.730. The lowest BCUT2D eigenvalue weighted by atomic mass is 10.1. The van der Waals surface area contributed by atoms with Crippen LogP contribution in [0.25, 0.3) is 10.9 Å². The van der Waals surface area contributed by atoms with Crippen LogP contribution in [0.5, 0.6) is 0 Å².